The first-order valence-corrected chi connectivity index (χ1v) is 8.22. The van der Waals surface area contributed by atoms with Gasteiger partial charge in [-0.2, -0.15) is 5.10 Å². The molecule has 1 aliphatic rings. The van der Waals surface area contributed by atoms with Crippen molar-refractivity contribution in [1.82, 2.24) is 14.7 Å². The number of aliphatic hydroxyl groups is 1. The number of carbonyl (C=O) groups excluding carboxylic acids is 1. The standard InChI is InChI=1S/C17H23N3O4/c1-3-14-13(10-19(2)18-14)17(22)20-6-8-23-11-12(20)9-15(21)16-5-4-7-24-16/h4-5,7,10,12,15,21H,3,6,8-9,11H2,1-2H3. The summed E-state index contributed by atoms with van der Waals surface area (Å²) in [6, 6.07) is 3.27. The highest BCUT2D eigenvalue weighted by atomic mass is 16.5. The molecule has 7 nitrogen and oxygen atoms in total. The second-order valence-electron chi connectivity index (χ2n) is 6.01. The third-order valence-corrected chi connectivity index (χ3v) is 4.33. The molecule has 0 saturated carbocycles. The highest BCUT2D eigenvalue weighted by molar-refractivity contribution is 5.95. The van der Waals surface area contributed by atoms with Crippen molar-refractivity contribution < 1.29 is 19.1 Å². The Hall–Kier alpha value is -2.12. The normalized spacial score (nSPS) is 19.5. The Kier molecular flexibility index (Phi) is 5.01. The molecule has 1 amide bonds. The van der Waals surface area contributed by atoms with Crippen molar-refractivity contribution in [2.75, 3.05) is 19.8 Å². The lowest BCUT2D eigenvalue weighted by Gasteiger charge is -2.36. The van der Waals surface area contributed by atoms with Crippen molar-refractivity contribution in [3.63, 3.8) is 0 Å². The van der Waals surface area contributed by atoms with Gasteiger partial charge in [0.2, 0.25) is 0 Å². The van der Waals surface area contributed by atoms with E-state index in [1.54, 1.807) is 27.9 Å². The van der Waals surface area contributed by atoms with Gasteiger partial charge in [-0.05, 0) is 18.6 Å². The molecule has 7 heteroatoms. The summed E-state index contributed by atoms with van der Waals surface area (Å²) in [5.41, 5.74) is 1.42. The number of carbonyl (C=O) groups is 1. The van der Waals surface area contributed by atoms with E-state index in [0.717, 1.165) is 5.69 Å². The first-order chi connectivity index (χ1) is 11.6. The average molecular weight is 333 g/mol. The van der Waals surface area contributed by atoms with Crippen LogP contribution in [-0.2, 0) is 18.2 Å². The molecule has 0 bridgehead atoms. The van der Waals surface area contributed by atoms with E-state index in [9.17, 15) is 9.90 Å². The number of hydrogen-bond acceptors (Lipinski definition) is 5. The Bertz CT molecular complexity index is 680. The molecular formula is C17H23N3O4. The van der Waals surface area contributed by atoms with E-state index in [2.05, 4.69) is 5.10 Å². The number of furan rings is 1. The van der Waals surface area contributed by atoms with E-state index < -0.39 is 6.10 Å². The van der Waals surface area contributed by atoms with E-state index in [1.165, 1.54) is 6.26 Å². The summed E-state index contributed by atoms with van der Waals surface area (Å²) >= 11 is 0. The van der Waals surface area contributed by atoms with Crippen LogP contribution in [0.5, 0.6) is 0 Å². The number of aryl methyl sites for hydroxylation is 2. The van der Waals surface area contributed by atoms with Crippen LogP contribution in [0.25, 0.3) is 0 Å². The number of amides is 1. The molecule has 1 fully saturated rings. The van der Waals surface area contributed by atoms with E-state index in [1.807, 2.05) is 14.0 Å². The number of morpholine rings is 1. The maximum atomic E-state index is 13.0. The highest BCUT2D eigenvalue weighted by Gasteiger charge is 2.32. The minimum absolute atomic E-state index is 0.0557. The van der Waals surface area contributed by atoms with Gasteiger partial charge in [0.15, 0.2) is 0 Å². The van der Waals surface area contributed by atoms with Crippen LogP contribution in [0.4, 0.5) is 0 Å². The molecule has 2 atom stereocenters. The van der Waals surface area contributed by atoms with Crippen LogP contribution in [-0.4, -0.2) is 51.5 Å². The molecule has 1 saturated heterocycles. The molecule has 2 aromatic rings. The van der Waals surface area contributed by atoms with E-state index in [0.29, 0.717) is 43.9 Å². The van der Waals surface area contributed by atoms with Gasteiger partial charge in [-0.3, -0.25) is 9.48 Å². The zero-order chi connectivity index (χ0) is 17.1. The van der Waals surface area contributed by atoms with Crippen LogP contribution in [0.15, 0.2) is 29.0 Å². The number of aliphatic hydroxyl groups excluding tert-OH is 1. The molecule has 24 heavy (non-hydrogen) atoms. The van der Waals surface area contributed by atoms with Crippen molar-refractivity contribution in [3.8, 4) is 0 Å². The van der Waals surface area contributed by atoms with Gasteiger partial charge >= 0.3 is 0 Å². The summed E-state index contributed by atoms with van der Waals surface area (Å²) in [6.07, 6.45) is 3.60. The molecule has 2 aromatic heterocycles. The molecule has 0 aromatic carbocycles. The van der Waals surface area contributed by atoms with Crippen LogP contribution < -0.4 is 0 Å². The largest absolute Gasteiger partial charge is 0.467 e. The monoisotopic (exact) mass is 333 g/mol. The Morgan fingerprint density at radius 2 is 2.38 bits per heavy atom. The zero-order valence-electron chi connectivity index (χ0n) is 14.0. The maximum absolute atomic E-state index is 13.0. The lowest BCUT2D eigenvalue weighted by atomic mass is 10.0. The van der Waals surface area contributed by atoms with Crippen molar-refractivity contribution >= 4 is 5.91 Å². The first kappa shape index (κ1) is 16.7. The average Bonchev–Trinajstić information content (AvgIpc) is 3.24. The Morgan fingerprint density at radius 3 is 3.08 bits per heavy atom. The number of rotatable bonds is 5. The molecule has 1 aliphatic heterocycles. The Morgan fingerprint density at radius 1 is 1.54 bits per heavy atom. The van der Waals surface area contributed by atoms with E-state index in [-0.39, 0.29) is 11.9 Å². The fraction of sp³-hybridized carbons (Fsp3) is 0.529. The maximum Gasteiger partial charge on any atom is 0.257 e. The molecule has 3 rings (SSSR count). The topological polar surface area (TPSA) is 80.7 Å². The van der Waals surface area contributed by atoms with Crippen LogP contribution in [0.2, 0.25) is 0 Å². The minimum Gasteiger partial charge on any atom is -0.467 e. The summed E-state index contributed by atoms with van der Waals surface area (Å²) < 4.78 is 12.4. The van der Waals surface area contributed by atoms with Gasteiger partial charge in [-0.1, -0.05) is 6.92 Å². The van der Waals surface area contributed by atoms with Gasteiger partial charge in [0.1, 0.15) is 11.9 Å². The van der Waals surface area contributed by atoms with Gasteiger partial charge in [-0.15, -0.1) is 0 Å². The van der Waals surface area contributed by atoms with Crippen molar-refractivity contribution in [2.24, 2.45) is 7.05 Å². The SMILES string of the molecule is CCc1nn(C)cc1C(=O)N1CCOCC1CC(O)c1ccco1. The quantitative estimate of drug-likeness (QED) is 0.898. The van der Waals surface area contributed by atoms with Crippen molar-refractivity contribution in [1.29, 1.82) is 0 Å². The number of nitrogens with zero attached hydrogens (tertiary/aromatic N) is 3. The van der Waals surface area contributed by atoms with Crippen LogP contribution in [0.1, 0.15) is 41.3 Å². The molecule has 3 heterocycles. The Labute approximate surface area is 140 Å². The van der Waals surface area contributed by atoms with Crippen LogP contribution >= 0.6 is 0 Å². The van der Waals surface area contributed by atoms with Gasteiger partial charge in [-0.25, -0.2) is 0 Å². The number of ether oxygens (including phenoxy) is 1. The Balaban J connectivity index is 1.77. The second kappa shape index (κ2) is 7.19. The third kappa shape index (κ3) is 3.37. The summed E-state index contributed by atoms with van der Waals surface area (Å²) in [5.74, 6) is 0.448. The summed E-state index contributed by atoms with van der Waals surface area (Å²) in [5, 5.41) is 14.7. The minimum atomic E-state index is -0.762. The fourth-order valence-corrected chi connectivity index (χ4v) is 3.10. The summed E-state index contributed by atoms with van der Waals surface area (Å²) in [4.78, 5) is 14.8. The summed E-state index contributed by atoms with van der Waals surface area (Å²) in [6.45, 7) is 3.40. The highest BCUT2D eigenvalue weighted by Crippen LogP contribution is 2.24. The van der Waals surface area contributed by atoms with E-state index >= 15 is 0 Å². The molecule has 0 radical (unpaired) electrons. The van der Waals surface area contributed by atoms with Crippen LogP contribution in [0.3, 0.4) is 0 Å². The van der Waals surface area contributed by atoms with Gasteiger partial charge in [0.05, 0.1) is 36.8 Å². The third-order valence-electron chi connectivity index (χ3n) is 4.33. The molecule has 130 valence electrons. The van der Waals surface area contributed by atoms with Gasteiger partial charge in [0.25, 0.3) is 5.91 Å². The molecule has 0 aliphatic carbocycles. The number of aromatic nitrogens is 2. The first-order valence-electron chi connectivity index (χ1n) is 8.22. The predicted octanol–water partition coefficient (Wildman–Crippen LogP) is 1.54. The van der Waals surface area contributed by atoms with Gasteiger partial charge < -0.3 is 19.2 Å². The van der Waals surface area contributed by atoms with Crippen molar-refractivity contribution in [2.45, 2.75) is 31.9 Å². The summed E-state index contributed by atoms with van der Waals surface area (Å²) in [7, 11) is 1.81. The zero-order valence-corrected chi connectivity index (χ0v) is 14.0. The van der Waals surface area contributed by atoms with Crippen molar-refractivity contribution in [3.05, 3.63) is 41.6 Å². The fourth-order valence-electron chi connectivity index (χ4n) is 3.10. The lowest BCUT2D eigenvalue weighted by molar-refractivity contribution is -0.0196. The smallest absolute Gasteiger partial charge is 0.257 e. The second-order valence-corrected chi connectivity index (χ2v) is 6.01. The molecule has 0 spiro atoms. The molecular weight excluding hydrogens is 310 g/mol. The number of hydrogen-bond donors (Lipinski definition) is 1. The predicted molar refractivity (Wildman–Crippen MR) is 86.5 cm³/mol. The molecule has 1 N–H and O–H groups in total. The molecule has 2 unspecified atom stereocenters. The van der Waals surface area contributed by atoms with Crippen LogP contribution in [0, 0.1) is 0 Å². The van der Waals surface area contributed by atoms with Gasteiger partial charge in [0, 0.05) is 26.2 Å². The lowest BCUT2D eigenvalue weighted by Crippen LogP contribution is -2.49. The van der Waals surface area contributed by atoms with E-state index in [4.69, 9.17) is 9.15 Å².